The first-order valence-corrected chi connectivity index (χ1v) is 6.68. The Hall–Kier alpha value is 0.150. The fourth-order valence-corrected chi connectivity index (χ4v) is 3.11. The van der Waals surface area contributed by atoms with Crippen molar-refractivity contribution >= 4 is 38.5 Å². The van der Waals surface area contributed by atoms with Crippen molar-refractivity contribution in [3.8, 4) is 5.75 Å². The summed E-state index contributed by atoms with van der Waals surface area (Å²) in [7, 11) is 3.22. The lowest BCUT2D eigenvalue weighted by Crippen LogP contribution is -2.08. The summed E-state index contributed by atoms with van der Waals surface area (Å²) >= 11 is 5.69. The van der Waals surface area contributed by atoms with Gasteiger partial charge in [0.2, 0.25) is 0 Å². The van der Waals surface area contributed by atoms with Gasteiger partial charge in [-0.05, 0) is 41.6 Å². The molecular weight excluding hydrogens is 387 g/mol. The van der Waals surface area contributed by atoms with Gasteiger partial charge in [0, 0.05) is 18.7 Å². The number of hydrogen-bond donors (Lipinski definition) is 0. The Morgan fingerprint density at radius 2 is 1.94 bits per heavy atom. The Kier molecular flexibility index (Phi) is 6.02. The van der Waals surface area contributed by atoms with Gasteiger partial charge in [-0.3, -0.25) is 0 Å². The van der Waals surface area contributed by atoms with Gasteiger partial charge in [-0.15, -0.1) is 0 Å². The van der Waals surface area contributed by atoms with Gasteiger partial charge >= 0.3 is 0 Å². The highest BCUT2D eigenvalue weighted by atomic mass is 127. The van der Waals surface area contributed by atoms with Gasteiger partial charge in [-0.1, -0.05) is 15.9 Å². The molecule has 0 aromatic heterocycles. The normalized spacial score (nSPS) is 10.9. The fraction of sp³-hybridized carbons (Fsp3) is 0.455. The Morgan fingerprint density at radius 3 is 2.44 bits per heavy atom. The molecule has 5 heteroatoms. The zero-order valence-electron chi connectivity index (χ0n) is 9.42. The molecule has 0 aliphatic rings. The average Bonchev–Trinajstić information content (AvgIpc) is 2.24. The Labute approximate surface area is 118 Å². The highest BCUT2D eigenvalue weighted by Gasteiger charge is 2.18. The van der Waals surface area contributed by atoms with Gasteiger partial charge in [0.1, 0.15) is 5.75 Å². The third-order valence-corrected chi connectivity index (χ3v) is 3.27. The first kappa shape index (κ1) is 14.2. The smallest absolute Gasteiger partial charge is 0.186 e. The van der Waals surface area contributed by atoms with Gasteiger partial charge in [-0.2, -0.15) is 0 Å². The van der Waals surface area contributed by atoms with Crippen molar-refractivity contribution in [1.82, 2.24) is 0 Å². The predicted octanol–water partition coefficient (Wildman–Crippen LogP) is 3.74. The van der Waals surface area contributed by atoms with Crippen molar-refractivity contribution in [1.29, 1.82) is 0 Å². The summed E-state index contributed by atoms with van der Waals surface area (Å²) in [4.78, 5) is 0. The SMILES string of the molecule is CCOc1c(I)cc(Br)cc1C(OC)OC. The molecule has 0 amide bonds. The van der Waals surface area contributed by atoms with Gasteiger partial charge in [0.05, 0.1) is 15.7 Å². The highest BCUT2D eigenvalue weighted by molar-refractivity contribution is 14.1. The van der Waals surface area contributed by atoms with Gasteiger partial charge in [-0.25, -0.2) is 0 Å². The summed E-state index contributed by atoms with van der Waals surface area (Å²) in [6.07, 6.45) is -0.410. The molecule has 0 radical (unpaired) electrons. The highest BCUT2D eigenvalue weighted by Crippen LogP contribution is 2.35. The molecule has 0 bridgehead atoms. The van der Waals surface area contributed by atoms with Crippen LogP contribution < -0.4 is 4.74 Å². The summed E-state index contributed by atoms with van der Waals surface area (Å²) < 4.78 is 18.1. The molecule has 1 aromatic rings. The van der Waals surface area contributed by atoms with E-state index in [9.17, 15) is 0 Å². The molecule has 3 nitrogen and oxygen atoms in total. The van der Waals surface area contributed by atoms with Crippen LogP contribution in [0.5, 0.6) is 5.75 Å². The average molecular weight is 401 g/mol. The van der Waals surface area contributed by atoms with Crippen molar-refractivity contribution in [3.05, 3.63) is 25.7 Å². The van der Waals surface area contributed by atoms with Crippen LogP contribution in [0.1, 0.15) is 18.8 Å². The molecule has 1 aromatic carbocycles. The summed E-state index contributed by atoms with van der Waals surface area (Å²) in [5.41, 5.74) is 0.894. The standard InChI is InChI=1S/C11H14BrIO3/c1-4-16-10-8(11(14-2)15-3)5-7(12)6-9(10)13/h5-6,11H,4H2,1-3H3. The molecule has 0 spiro atoms. The van der Waals surface area contributed by atoms with Gasteiger partial charge in [0.25, 0.3) is 0 Å². The minimum atomic E-state index is -0.410. The monoisotopic (exact) mass is 400 g/mol. The van der Waals surface area contributed by atoms with Crippen LogP contribution in [0.4, 0.5) is 0 Å². The Morgan fingerprint density at radius 1 is 1.31 bits per heavy atom. The second-order valence-electron chi connectivity index (χ2n) is 3.04. The van der Waals surface area contributed by atoms with E-state index in [2.05, 4.69) is 38.5 Å². The maximum atomic E-state index is 5.62. The topological polar surface area (TPSA) is 27.7 Å². The number of hydrogen-bond acceptors (Lipinski definition) is 3. The van der Waals surface area contributed by atoms with Crippen LogP contribution in [0.2, 0.25) is 0 Å². The van der Waals surface area contributed by atoms with E-state index in [0.29, 0.717) is 6.61 Å². The molecule has 16 heavy (non-hydrogen) atoms. The second kappa shape index (κ2) is 6.78. The maximum absolute atomic E-state index is 5.62. The van der Waals surface area contributed by atoms with Crippen molar-refractivity contribution < 1.29 is 14.2 Å². The summed E-state index contributed by atoms with van der Waals surface area (Å²) in [6, 6.07) is 3.95. The largest absolute Gasteiger partial charge is 0.492 e. The summed E-state index contributed by atoms with van der Waals surface area (Å²) in [6.45, 7) is 2.57. The van der Waals surface area contributed by atoms with E-state index < -0.39 is 6.29 Å². The van der Waals surface area contributed by atoms with Crippen LogP contribution in [-0.4, -0.2) is 20.8 Å². The Bertz CT molecular complexity index is 353. The van der Waals surface area contributed by atoms with Crippen LogP contribution in [0.25, 0.3) is 0 Å². The minimum Gasteiger partial charge on any atom is -0.492 e. The van der Waals surface area contributed by atoms with E-state index in [1.54, 1.807) is 14.2 Å². The van der Waals surface area contributed by atoms with E-state index in [1.165, 1.54) is 0 Å². The van der Waals surface area contributed by atoms with Gasteiger partial charge < -0.3 is 14.2 Å². The first-order chi connectivity index (χ1) is 7.63. The first-order valence-electron chi connectivity index (χ1n) is 4.81. The molecule has 0 atom stereocenters. The molecule has 0 N–H and O–H groups in total. The van der Waals surface area contributed by atoms with E-state index in [0.717, 1.165) is 19.4 Å². The van der Waals surface area contributed by atoms with E-state index in [1.807, 2.05) is 19.1 Å². The van der Waals surface area contributed by atoms with Crippen LogP contribution in [0, 0.1) is 3.57 Å². The molecule has 0 aliphatic heterocycles. The fourth-order valence-electron chi connectivity index (χ4n) is 1.40. The molecule has 0 saturated carbocycles. The third kappa shape index (κ3) is 3.32. The van der Waals surface area contributed by atoms with E-state index >= 15 is 0 Å². The van der Waals surface area contributed by atoms with Crippen LogP contribution >= 0.6 is 38.5 Å². The molecule has 0 saturated heterocycles. The predicted molar refractivity (Wildman–Crippen MR) is 74.8 cm³/mol. The van der Waals surface area contributed by atoms with Gasteiger partial charge in [0.15, 0.2) is 6.29 Å². The van der Waals surface area contributed by atoms with Crippen molar-refractivity contribution in [3.63, 3.8) is 0 Å². The zero-order valence-corrected chi connectivity index (χ0v) is 13.2. The van der Waals surface area contributed by atoms with Crippen LogP contribution in [0.15, 0.2) is 16.6 Å². The minimum absolute atomic E-state index is 0.410. The molecule has 0 heterocycles. The molecular formula is C11H14BrIO3. The number of halogens is 2. The lowest BCUT2D eigenvalue weighted by molar-refractivity contribution is -0.107. The second-order valence-corrected chi connectivity index (χ2v) is 5.12. The lowest BCUT2D eigenvalue weighted by atomic mass is 10.2. The van der Waals surface area contributed by atoms with Crippen LogP contribution in [0.3, 0.4) is 0 Å². The van der Waals surface area contributed by atoms with E-state index in [-0.39, 0.29) is 0 Å². The molecule has 90 valence electrons. The Balaban J connectivity index is 3.21. The lowest BCUT2D eigenvalue weighted by Gasteiger charge is -2.19. The number of methoxy groups -OCH3 is 2. The molecule has 0 unspecified atom stereocenters. The molecule has 0 fully saturated rings. The van der Waals surface area contributed by atoms with E-state index in [4.69, 9.17) is 14.2 Å². The van der Waals surface area contributed by atoms with Crippen LogP contribution in [-0.2, 0) is 9.47 Å². The summed E-state index contributed by atoms with van der Waals surface area (Å²) in [5, 5.41) is 0. The number of benzene rings is 1. The number of rotatable bonds is 5. The van der Waals surface area contributed by atoms with Crippen molar-refractivity contribution in [2.24, 2.45) is 0 Å². The third-order valence-electron chi connectivity index (χ3n) is 2.01. The quantitative estimate of drug-likeness (QED) is 0.556. The van der Waals surface area contributed by atoms with Crippen molar-refractivity contribution in [2.75, 3.05) is 20.8 Å². The maximum Gasteiger partial charge on any atom is 0.186 e. The molecule has 1 rings (SSSR count). The summed E-state index contributed by atoms with van der Waals surface area (Å²) in [5.74, 6) is 0.819. The number of ether oxygens (including phenoxy) is 3. The zero-order chi connectivity index (χ0) is 12.1. The van der Waals surface area contributed by atoms with Crippen molar-refractivity contribution in [2.45, 2.75) is 13.2 Å². The molecule has 0 aliphatic carbocycles.